The van der Waals surface area contributed by atoms with Crippen molar-refractivity contribution in [2.45, 2.75) is 33.0 Å². The summed E-state index contributed by atoms with van der Waals surface area (Å²) in [6, 6.07) is 10.5. The Labute approximate surface area is 142 Å². The van der Waals surface area contributed by atoms with Gasteiger partial charge in [-0.15, -0.1) is 0 Å². The first kappa shape index (κ1) is 16.8. The Morgan fingerprint density at radius 1 is 1.04 bits per heavy atom. The number of furan rings is 1. The van der Waals surface area contributed by atoms with E-state index in [0.717, 1.165) is 27.8 Å². The highest BCUT2D eigenvalue weighted by Gasteiger charge is 2.22. The number of hydrogen-bond donors (Lipinski definition) is 0. The fourth-order valence-electron chi connectivity index (χ4n) is 2.89. The Balaban J connectivity index is 2.00. The summed E-state index contributed by atoms with van der Waals surface area (Å²) in [6.07, 6.45) is 1.31. The second-order valence-corrected chi connectivity index (χ2v) is 6.07. The van der Waals surface area contributed by atoms with E-state index in [1.54, 1.807) is 13.4 Å². The Bertz CT molecular complexity index is 775. The van der Waals surface area contributed by atoms with Crippen molar-refractivity contribution in [2.24, 2.45) is 0 Å². The van der Waals surface area contributed by atoms with Crippen molar-refractivity contribution in [2.75, 3.05) is 20.3 Å². The molecule has 1 aromatic rings. The second-order valence-electron chi connectivity index (χ2n) is 6.07. The van der Waals surface area contributed by atoms with Crippen LogP contribution in [0.3, 0.4) is 0 Å². The summed E-state index contributed by atoms with van der Waals surface area (Å²) in [5.41, 5.74) is 4.24. The lowest BCUT2D eigenvalue weighted by Crippen LogP contribution is -2.23. The van der Waals surface area contributed by atoms with E-state index < -0.39 is 0 Å². The fourth-order valence-corrected chi connectivity index (χ4v) is 2.89. The highest BCUT2D eigenvalue weighted by atomic mass is 16.7. The van der Waals surface area contributed by atoms with Crippen LogP contribution in [-0.4, -0.2) is 26.6 Å². The Hall–Kier alpha value is -2.04. The molecular weight excluding hydrogens is 304 g/mol. The molecule has 0 N–H and O–H groups in total. The predicted octanol–water partition coefficient (Wildman–Crippen LogP) is 5.05. The van der Waals surface area contributed by atoms with Crippen molar-refractivity contribution in [3.8, 4) is 16.9 Å². The topological polar surface area (TPSA) is 40.8 Å². The van der Waals surface area contributed by atoms with Crippen LogP contribution in [0.15, 0.2) is 41.0 Å². The van der Waals surface area contributed by atoms with Crippen molar-refractivity contribution in [1.82, 2.24) is 0 Å². The highest BCUT2D eigenvalue weighted by Crippen LogP contribution is 2.45. The van der Waals surface area contributed by atoms with Crippen molar-refractivity contribution in [1.29, 1.82) is 0 Å². The molecule has 1 unspecified atom stereocenters. The molecule has 0 radical (unpaired) electrons. The first-order valence-electron chi connectivity index (χ1n) is 8.35. The molecule has 0 aliphatic heterocycles. The van der Waals surface area contributed by atoms with Gasteiger partial charge in [-0.05, 0) is 24.5 Å². The molecule has 1 atom stereocenters. The first-order chi connectivity index (χ1) is 11.7. The monoisotopic (exact) mass is 328 g/mol. The van der Waals surface area contributed by atoms with Gasteiger partial charge in [-0.25, -0.2) is 0 Å². The lowest BCUT2D eigenvalue weighted by atomic mass is 10.1. The van der Waals surface area contributed by atoms with Gasteiger partial charge in [0.1, 0.15) is 17.9 Å². The van der Waals surface area contributed by atoms with Crippen molar-refractivity contribution in [3.63, 3.8) is 0 Å². The summed E-state index contributed by atoms with van der Waals surface area (Å²) in [5.74, 6) is 1.29. The standard InChI is InChI=1S/C20H24O4/c1-5-22-18(21-4)12-24-20-16-9-7-14(13(2)3)6-8-15(16)19-17(20)10-11-23-19/h6-11,13,18H,5,12H2,1-4H3. The molecule has 128 valence electrons. The summed E-state index contributed by atoms with van der Waals surface area (Å²) < 4.78 is 22.5. The highest BCUT2D eigenvalue weighted by molar-refractivity contribution is 6.05. The molecule has 0 saturated heterocycles. The maximum atomic E-state index is 6.07. The maximum Gasteiger partial charge on any atom is 0.191 e. The number of fused-ring (bicyclic) bond motifs is 3. The molecule has 24 heavy (non-hydrogen) atoms. The SMILES string of the molecule is CCOC(COc1c2ccc(C(C)C)ccc-2c2occc12)OC. The number of methoxy groups -OCH3 is 1. The van der Waals surface area contributed by atoms with E-state index in [2.05, 4.69) is 38.1 Å². The van der Waals surface area contributed by atoms with Crippen molar-refractivity contribution in [3.05, 3.63) is 42.2 Å². The number of rotatable bonds is 7. The smallest absolute Gasteiger partial charge is 0.191 e. The predicted molar refractivity (Wildman–Crippen MR) is 94.8 cm³/mol. The van der Waals surface area contributed by atoms with E-state index in [9.17, 15) is 0 Å². The van der Waals surface area contributed by atoms with Crippen LogP contribution in [0.5, 0.6) is 5.75 Å². The van der Waals surface area contributed by atoms with Crippen LogP contribution in [-0.2, 0) is 9.47 Å². The average Bonchev–Trinajstić information content (AvgIpc) is 3.06. The van der Waals surface area contributed by atoms with Gasteiger partial charge in [0.2, 0.25) is 0 Å². The average molecular weight is 328 g/mol. The van der Waals surface area contributed by atoms with Gasteiger partial charge >= 0.3 is 0 Å². The molecule has 0 fully saturated rings. The molecule has 0 spiro atoms. The van der Waals surface area contributed by atoms with Gasteiger partial charge in [-0.2, -0.15) is 0 Å². The molecule has 0 aromatic carbocycles. The third-order valence-corrected chi connectivity index (χ3v) is 4.22. The molecule has 4 nitrogen and oxygen atoms in total. The van der Waals surface area contributed by atoms with Crippen molar-refractivity contribution >= 4 is 11.0 Å². The van der Waals surface area contributed by atoms with Crippen LogP contribution >= 0.6 is 0 Å². The van der Waals surface area contributed by atoms with Gasteiger partial charge in [0.25, 0.3) is 0 Å². The van der Waals surface area contributed by atoms with E-state index in [1.165, 1.54) is 5.56 Å². The van der Waals surface area contributed by atoms with Crippen LogP contribution in [0.4, 0.5) is 0 Å². The summed E-state index contributed by atoms with van der Waals surface area (Å²) >= 11 is 0. The van der Waals surface area contributed by atoms with Crippen LogP contribution in [0, 0.1) is 0 Å². The van der Waals surface area contributed by atoms with Gasteiger partial charge in [-0.1, -0.05) is 38.1 Å². The number of hydrogen-bond acceptors (Lipinski definition) is 4. The minimum absolute atomic E-state index is 0.333. The van der Waals surface area contributed by atoms with Crippen LogP contribution < -0.4 is 4.74 Å². The van der Waals surface area contributed by atoms with E-state index >= 15 is 0 Å². The first-order valence-corrected chi connectivity index (χ1v) is 8.35. The largest absolute Gasteiger partial charge is 0.487 e. The minimum atomic E-state index is -0.384. The van der Waals surface area contributed by atoms with E-state index in [0.29, 0.717) is 19.1 Å². The van der Waals surface area contributed by atoms with Gasteiger partial charge in [-0.3, -0.25) is 0 Å². The van der Waals surface area contributed by atoms with Crippen LogP contribution in [0.2, 0.25) is 0 Å². The fraction of sp³-hybridized carbons (Fsp3) is 0.400. The van der Waals surface area contributed by atoms with Crippen LogP contribution in [0.25, 0.3) is 22.1 Å². The second kappa shape index (κ2) is 7.24. The lowest BCUT2D eigenvalue weighted by Gasteiger charge is -2.16. The zero-order valence-electron chi connectivity index (χ0n) is 14.7. The summed E-state index contributed by atoms with van der Waals surface area (Å²) in [5, 5.41) is 0.980. The Morgan fingerprint density at radius 2 is 1.79 bits per heavy atom. The van der Waals surface area contributed by atoms with E-state index in [1.807, 2.05) is 13.0 Å². The molecule has 0 bridgehead atoms. The summed E-state index contributed by atoms with van der Waals surface area (Å²) in [6.45, 7) is 7.22. The molecule has 3 rings (SSSR count). The zero-order chi connectivity index (χ0) is 17.1. The van der Waals surface area contributed by atoms with E-state index in [-0.39, 0.29) is 6.29 Å². The van der Waals surface area contributed by atoms with Gasteiger partial charge in [0, 0.05) is 24.8 Å². The maximum absolute atomic E-state index is 6.07. The molecule has 0 amide bonds. The molecule has 2 aliphatic carbocycles. The summed E-state index contributed by atoms with van der Waals surface area (Å²) in [7, 11) is 1.62. The Kier molecular flexibility index (Phi) is 5.07. The third kappa shape index (κ3) is 3.12. The van der Waals surface area contributed by atoms with Crippen molar-refractivity contribution < 1.29 is 18.6 Å². The molecular formula is C20H24O4. The molecule has 2 aliphatic rings. The zero-order valence-corrected chi connectivity index (χ0v) is 14.7. The van der Waals surface area contributed by atoms with Gasteiger partial charge in [0.15, 0.2) is 6.29 Å². The number of ether oxygens (including phenoxy) is 3. The van der Waals surface area contributed by atoms with Gasteiger partial charge in [0.05, 0.1) is 11.6 Å². The van der Waals surface area contributed by atoms with Crippen LogP contribution in [0.1, 0.15) is 32.3 Å². The quantitative estimate of drug-likeness (QED) is 0.569. The third-order valence-electron chi connectivity index (χ3n) is 4.22. The normalized spacial score (nSPS) is 13.0. The van der Waals surface area contributed by atoms with E-state index in [4.69, 9.17) is 18.6 Å². The molecule has 1 heterocycles. The van der Waals surface area contributed by atoms with Gasteiger partial charge < -0.3 is 18.6 Å². The molecule has 4 heteroatoms. The minimum Gasteiger partial charge on any atom is -0.487 e. The molecule has 1 aromatic heterocycles. The lowest BCUT2D eigenvalue weighted by molar-refractivity contribution is -0.137. The molecule has 0 saturated carbocycles. The Morgan fingerprint density at radius 3 is 2.46 bits per heavy atom. The summed E-state index contributed by atoms with van der Waals surface area (Å²) in [4.78, 5) is 0.